The summed E-state index contributed by atoms with van der Waals surface area (Å²) in [6.45, 7) is 9.46. The first-order valence-electron chi connectivity index (χ1n) is 29.0. The van der Waals surface area contributed by atoms with Crippen LogP contribution in [0.25, 0.3) is 22.3 Å². The van der Waals surface area contributed by atoms with Crippen LogP contribution >= 0.6 is 0 Å². The van der Waals surface area contributed by atoms with Crippen LogP contribution < -0.4 is 20.4 Å². The quantitative estimate of drug-likeness (QED) is 0.132. The standard InChI is InChI=1S/C61H68FN11O7/c1-36(2)71-35-63-49-34-48(65-54(53(49)71)64-47-9-5-4-8-46(47)62)39-10-13-45-51(30-39)72(42-31-41(32-42)67-22-6-3-7-23-67)60(80)61(45)20-28-70(29-21-61)57(77)38-18-26-69(27-19-38)56(76)37-16-24-68(25-17-37)40-11-12-43-44(33-40)59(79)73(58(43)78)50-14-15-52(74)66-55(50)75/h4-5,8-13,30,33-38,41-42,50H,3,6-7,14-29,31-32H2,1-2H3,(H,64,65)(H,66,74,75). The number of nitrogens with one attached hydrogen (secondary N) is 2. The third-order valence-electron chi connectivity index (χ3n) is 19.0. The molecular weight excluding hydrogens is 1020 g/mol. The number of piperidine rings is 5. The lowest BCUT2D eigenvalue weighted by Crippen LogP contribution is -2.58. The van der Waals surface area contributed by atoms with E-state index in [1.165, 1.54) is 25.3 Å². The molecule has 6 fully saturated rings. The van der Waals surface area contributed by atoms with Gasteiger partial charge in [-0.1, -0.05) is 30.7 Å². The van der Waals surface area contributed by atoms with Crippen LogP contribution in [0, 0.1) is 17.7 Å². The Morgan fingerprint density at radius 3 is 2.11 bits per heavy atom. The zero-order valence-corrected chi connectivity index (χ0v) is 45.5. The summed E-state index contributed by atoms with van der Waals surface area (Å²) in [5, 5.41) is 5.51. The molecular formula is C61H68FN11O7. The van der Waals surface area contributed by atoms with Crippen molar-refractivity contribution in [3.8, 4) is 11.3 Å². The number of imide groups is 2. The first-order chi connectivity index (χ1) is 38.7. The number of halogens is 1. The highest BCUT2D eigenvalue weighted by molar-refractivity contribution is 6.24. The van der Waals surface area contributed by atoms with Crippen molar-refractivity contribution in [2.24, 2.45) is 11.8 Å². The minimum atomic E-state index is -1.03. The highest BCUT2D eigenvalue weighted by atomic mass is 19.1. The molecule has 3 aromatic carbocycles. The maximum atomic E-state index is 15.3. The van der Waals surface area contributed by atoms with E-state index in [2.05, 4.69) is 51.3 Å². The number of nitrogens with zero attached hydrogens (tertiary/aromatic N) is 9. The molecule has 18 nitrogen and oxygen atoms in total. The fourth-order valence-corrected chi connectivity index (χ4v) is 14.3. The van der Waals surface area contributed by atoms with E-state index in [1.807, 2.05) is 26.5 Å². The highest BCUT2D eigenvalue weighted by Gasteiger charge is 2.56. The molecule has 5 aromatic rings. The summed E-state index contributed by atoms with van der Waals surface area (Å²) < 4.78 is 17.2. The van der Waals surface area contributed by atoms with Crippen LogP contribution in [-0.2, 0) is 29.4 Å². The van der Waals surface area contributed by atoms with Crippen molar-refractivity contribution in [2.45, 2.75) is 127 Å². The van der Waals surface area contributed by atoms with E-state index in [-0.39, 0.29) is 71.4 Å². The van der Waals surface area contributed by atoms with E-state index in [4.69, 9.17) is 9.97 Å². The average molecular weight is 1090 g/mol. The Bertz CT molecular complexity index is 3360. The molecule has 7 amide bonds. The number of amides is 7. The fourth-order valence-electron chi connectivity index (χ4n) is 14.3. The molecule has 416 valence electrons. The summed E-state index contributed by atoms with van der Waals surface area (Å²) in [4.78, 5) is 116. The van der Waals surface area contributed by atoms with Crippen molar-refractivity contribution in [3.63, 3.8) is 0 Å². The van der Waals surface area contributed by atoms with Gasteiger partial charge in [0.25, 0.3) is 11.8 Å². The first kappa shape index (κ1) is 51.9. The Morgan fingerprint density at radius 1 is 0.725 bits per heavy atom. The van der Waals surface area contributed by atoms with Crippen LogP contribution in [0.2, 0.25) is 0 Å². The Kier molecular flexibility index (Phi) is 13.3. The van der Waals surface area contributed by atoms with Crippen molar-refractivity contribution < 1.29 is 38.0 Å². The predicted molar refractivity (Wildman–Crippen MR) is 298 cm³/mol. The highest BCUT2D eigenvalue weighted by Crippen LogP contribution is 2.52. The number of carbonyl (C=O) groups excluding carboxylic acids is 7. The summed E-state index contributed by atoms with van der Waals surface area (Å²) in [7, 11) is 0. The molecule has 1 saturated carbocycles. The number of pyridine rings is 1. The molecule has 5 saturated heterocycles. The SMILES string of the molecule is CC(C)n1cnc2cc(-c3ccc4c(c3)N(C3CC(N5CCCCC5)C3)C(=O)C43CCN(C(=O)C4CCN(C(=O)C5CCN(c6ccc7c(c6)C(=O)N(C6CCC(=O)NC6=O)C7=O)CC5)CC4)CC3)nc(Nc3ccccc3F)c21. The molecule has 2 aromatic heterocycles. The van der Waals surface area contributed by atoms with E-state index < -0.39 is 35.1 Å². The van der Waals surface area contributed by atoms with Gasteiger partial charge < -0.3 is 34.4 Å². The number of aromatic nitrogens is 3. The number of hydrogen-bond donors (Lipinski definition) is 2. The largest absolute Gasteiger partial charge is 0.371 e. The summed E-state index contributed by atoms with van der Waals surface area (Å²) in [5.74, 6) is -2.13. The number of hydrogen-bond acceptors (Lipinski definition) is 12. The van der Waals surface area contributed by atoms with Crippen LogP contribution in [0.15, 0.2) is 73.1 Å². The second kappa shape index (κ2) is 20.5. The first-order valence-corrected chi connectivity index (χ1v) is 29.0. The summed E-state index contributed by atoms with van der Waals surface area (Å²) >= 11 is 0. The van der Waals surface area contributed by atoms with Crippen LogP contribution in [0.4, 0.5) is 27.3 Å². The number of para-hydroxylation sites is 1. The molecule has 8 aliphatic rings. The minimum Gasteiger partial charge on any atom is -0.371 e. The third-order valence-corrected chi connectivity index (χ3v) is 19.0. The zero-order chi connectivity index (χ0) is 55.1. The molecule has 0 bridgehead atoms. The van der Waals surface area contributed by atoms with Crippen molar-refractivity contribution >= 4 is 75.3 Å². The molecule has 7 aliphatic heterocycles. The molecule has 9 heterocycles. The maximum Gasteiger partial charge on any atom is 0.262 e. The number of carbonyl (C=O) groups is 7. The molecule has 19 heteroatoms. The minimum absolute atomic E-state index is 0.0511. The van der Waals surface area contributed by atoms with Crippen molar-refractivity contribution in [1.29, 1.82) is 0 Å². The number of likely N-dealkylation sites (tertiary alicyclic amines) is 3. The molecule has 1 aliphatic carbocycles. The van der Waals surface area contributed by atoms with Gasteiger partial charge in [0, 0.05) is 92.6 Å². The molecule has 1 atom stereocenters. The summed E-state index contributed by atoms with van der Waals surface area (Å²) in [6.07, 6.45) is 10.9. The van der Waals surface area contributed by atoms with E-state index >= 15 is 9.18 Å². The van der Waals surface area contributed by atoms with Gasteiger partial charge in [0.1, 0.15) is 17.4 Å². The van der Waals surface area contributed by atoms with Gasteiger partial charge in [-0.25, -0.2) is 14.4 Å². The van der Waals surface area contributed by atoms with Gasteiger partial charge in [-0.2, -0.15) is 0 Å². The lowest BCUT2D eigenvalue weighted by Gasteiger charge is -2.48. The zero-order valence-electron chi connectivity index (χ0n) is 45.5. The van der Waals surface area contributed by atoms with Gasteiger partial charge in [0.15, 0.2) is 5.82 Å². The number of benzene rings is 3. The van der Waals surface area contributed by atoms with Crippen LogP contribution in [-0.4, -0.2) is 146 Å². The van der Waals surface area contributed by atoms with Crippen LogP contribution in [0.1, 0.15) is 130 Å². The van der Waals surface area contributed by atoms with Gasteiger partial charge >= 0.3 is 0 Å². The Morgan fingerprint density at radius 2 is 1.41 bits per heavy atom. The van der Waals surface area contributed by atoms with Gasteiger partial charge in [-0.05, 0) is 146 Å². The van der Waals surface area contributed by atoms with E-state index in [1.54, 1.807) is 42.7 Å². The fraction of sp³-hybridized carbons (Fsp3) is 0.492. The summed E-state index contributed by atoms with van der Waals surface area (Å²) in [5.41, 5.74) is 5.67. The normalized spacial score (nSPS) is 23.8. The van der Waals surface area contributed by atoms with Gasteiger partial charge in [0.05, 0.1) is 39.8 Å². The third kappa shape index (κ3) is 8.90. The predicted octanol–water partition coefficient (Wildman–Crippen LogP) is 7.34. The molecule has 1 spiro atoms. The Hall–Kier alpha value is -7.54. The monoisotopic (exact) mass is 1090 g/mol. The second-order valence-corrected chi connectivity index (χ2v) is 23.8. The van der Waals surface area contributed by atoms with E-state index in [9.17, 15) is 28.8 Å². The van der Waals surface area contributed by atoms with Crippen LogP contribution in [0.3, 0.4) is 0 Å². The smallest absolute Gasteiger partial charge is 0.262 e. The Labute approximate surface area is 464 Å². The molecule has 0 radical (unpaired) electrons. The van der Waals surface area contributed by atoms with Crippen molar-refractivity contribution in [2.75, 3.05) is 67.5 Å². The lowest BCUT2D eigenvalue weighted by molar-refractivity contribution is -0.144. The Balaban J connectivity index is 0.665. The topological polar surface area (TPSA) is 194 Å². The molecule has 80 heavy (non-hydrogen) atoms. The van der Waals surface area contributed by atoms with Crippen LogP contribution in [0.5, 0.6) is 0 Å². The molecule has 2 N–H and O–H groups in total. The molecule has 1 unspecified atom stereocenters. The maximum absolute atomic E-state index is 15.3. The lowest BCUT2D eigenvalue weighted by atomic mass is 9.73. The second-order valence-electron chi connectivity index (χ2n) is 23.8. The number of imidazole rings is 1. The van der Waals surface area contributed by atoms with E-state index in [0.717, 1.165) is 64.4 Å². The number of rotatable bonds is 10. The van der Waals surface area contributed by atoms with Crippen molar-refractivity contribution in [1.82, 2.24) is 39.5 Å². The summed E-state index contributed by atoms with van der Waals surface area (Å²) in [6, 6.07) is 19.5. The van der Waals surface area contributed by atoms with Gasteiger partial charge in [-0.15, -0.1) is 0 Å². The van der Waals surface area contributed by atoms with Gasteiger partial charge in [0.2, 0.25) is 29.5 Å². The van der Waals surface area contributed by atoms with Gasteiger partial charge in [-0.3, -0.25) is 43.8 Å². The number of fused-ring (bicyclic) bond motifs is 4. The molecule has 13 rings (SSSR count). The van der Waals surface area contributed by atoms with E-state index in [0.29, 0.717) is 101 Å². The number of anilines is 4. The van der Waals surface area contributed by atoms with Crippen molar-refractivity contribution in [3.05, 3.63) is 95.6 Å². The average Bonchev–Trinajstić information content (AvgIpc) is 4.04.